The number of hydrogen-bond acceptors (Lipinski definition) is 4. The first-order valence-corrected chi connectivity index (χ1v) is 7.70. The normalized spacial score (nSPS) is 18.0. The van der Waals surface area contributed by atoms with Crippen molar-refractivity contribution in [2.24, 2.45) is 0 Å². The monoisotopic (exact) mass is 294 g/mol. The second kappa shape index (κ2) is 6.62. The van der Waals surface area contributed by atoms with Crippen LogP contribution in [0, 0.1) is 20.8 Å². The lowest BCUT2D eigenvalue weighted by Crippen LogP contribution is -2.50. The zero-order valence-electron chi connectivity index (χ0n) is 13.5. The molecule has 1 saturated heterocycles. The van der Waals surface area contributed by atoms with E-state index >= 15 is 0 Å². The van der Waals surface area contributed by atoms with Gasteiger partial charge >= 0.3 is 0 Å². The summed E-state index contributed by atoms with van der Waals surface area (Å²) in [6.45, 7) is 11.4. The van der Waals surface area contributed by atoms with Gasteiger partial charge in [0.1, 0.15) is 11.5 Å². The Morgan fingerprint density at radius 2 is 1.81 bits per heavy atom. The fraction of sp³-hybridized carbons (Fsp3) is 0.688. The Morgan fingerprint density at radius 1 is 1.19 bits per heavy atom. The third-order valence-electron chi connectivity index (χ3n) is 4.37. The van der Waals surface area contributed by atoms with Gasteiger partial charge in [0.05, 0.1) is 11.7 Å². The number of furan rings is 1. The van der Waals surface area contributed by atoms with Crippen molar-refractivity contribution >= 4 is 5.91 Å². The van der Waals surface area contributed by atoms with Crippen LogP contribution in [0.1, 0.15) is 40.8 Å². The zero-order chi connectivity index (χ0) is 15.6. The Morgan fingerprint density at radius 3 is 2.29 bits per heavy atom. The van der Waals surface area contributed by atoms with Gasteiger partial charge < -0.3 is 14.4 Å². The van der Waals surface area contributed by atoms with Crippen LogP contribution in [-0.4, -0.2) is 59.6 Å². The van der Waals surface area contributed by atoms with Crippen molar-refractivity contribution in [2.75, 3.05) is 32.7 Å². The van der Waals surface area contributed by atoms with E-state index in [1.54, 1.807) is 0 Å². The molecule has 1 aliphatic rings. The van der Waals surface area contributed by atoms with Gasteiger partial charge in [-0.15, -0.1) is 0 Å². The molecule has 0 saturated carbocycles. The molecular formula is C16H26N2O3. The molecule has 21 heavy (non-hydrogen) atoms. The first-order valence-electron chi connectivity index (χ1n) is 7.70. The van der Waals surface area contributed by atoms with Crippen molar-refractivity contribution in [1.29, 1.82) is 0 Å². The molecule has 1 aromatic rings. The van der Waals surface area contributed by atoms with Crippen LogP contribution in [-0.2, 0) is 0 Å². The molecule has 1 aromatic heterocycles. The fourth-order valence-corrected chi connectivity index (χ4v) is 2.83. The third-order valence-corrected chi connectivity index (χ3v) is 4.37. The Hall–Kier alpha value is -1.33. The molecule has 1 aliphatic heterocycles. The van der Waals surface area contributed by atoms with Gasteiger partial charge in [-0.1, -0.05) is 6.92 Å². The lowest BCUT2D eigenvalue weighted by molar-refractivity contribution is 0.0522. The van der Waals surface area contributed by atoms with Gasteiger partial charge in [0.25, 0.3) is 5.91 Å². The van der Waals surface area contributed by atoms with Crippen molar-refractivity contribution in [3.05, 3.63) is 22.6 Å². The molecule has 0 aliphatic carbocycles. The number of β-amino-alcohol motifs (C(OH)–C–C–N with tert-alkyl or cyclic N) is 1. The van der Waals surface area contributed by atoms with Crippen LogP contribution >= 0.6 is 0 Å². The van der Waals surface area contributed by atoms with Crippen LogP contribution in [0.3, 0.4) is 0 Å². The van der Waals surface area contributed by atoms with Gasteiger partial charge in [-0.2, -0.15) is 0 Å². The molecule has 0 radical (unpaired) electrons. The van der Waals surface area contributed by atoms with Gasteiger partial charge in [0.15, 0.2) is 0 Å². The third kappa shape index (κ3) is 3.47. The highest BCUT2D eigenvalue weighted by molar-refractivity contribution is 5.97. The van der Waals surface area contributed by atoms with Crippen molar-refractivity contribution in [2.45, 2.75) is 40.2 Å². The molecule has 2 rings (SSSR count). The molecule has 1 atom stereocenters. The minimum atomic E-state index is -0.270. The zero-order valence-corrected chi connectivity index (χ0v) is 13.5. The lowest BCUT2D eigenvalue weighted by atomic mass is 10.1. The molecule has 0 aromatic carbocycles. The number of piperazine rings is 1. The maximum absolute atomic E-state index is 12.6. The van der Waals surface area contributed by atoms with Crippen LogP contribution in [0.2, 0.25) is 0 Å². The largest absolute Gasteiger partial charge is 0.466 e. The number of rotatable bonds is 4. The summed E-state index contributed by atoms with van der Waals surface area (Å²) in [7, 11) is 0. The summed E-state index contributed by atoms with van der Waals surface area (Å²) in [5.41, 5.74) is 1.66. The highest BCUT2D eigenvalue weighted by Gasteiger charge is 2.27. The quantitative estimate of drug-likeness (QED) is 0.919. The molecular weight excluding hydrogens is 268 g/mol. The molecule has 0 unspecified atom stereocenters. The molecule has 5 heteroatoms. The molecule has 1 fully saturated rings. The molecule has 2 heterocycles. The number of aliphatic hydroxyl groups excluding tert-OH is 1. The van der Waals surface area contributed by atoms with Crippen LogP contribution < -0.4 is 0 Å². The number of carbonyl (C=O) groups is 1. The summed E-state index contributed by atoms with van der Waals surface area (Å²) >= 11 is 0. The standard InChI is InChI=1S/C16H26N2O3/c1-5-14(19)10-17-6-8-18(9-7-17)16(20)15-11(2)12(3)21-13(15)4/h14,19H,5-10H2,1-4H3/t14-/m0/s1. The minimum Gasteiger partial charge on any atom is -0.466 e. The second-order valence-electron chi connectivity index (χ2n) is 5.87. The molecule has 0 spiro atoms. The van der Waals surface area contributed by atoms with E-state index in [1.807, 2.05) is 32.6 Å². The molecule has 118 valence electrons. The van der Waals surface area contributed by atoms with Crippen molar-refractivity contribution in [1.82, 2.24) is 9.80 Å². The second-order valence-corrected chi connectivity index (χ2v) is 5.87. The predicted molar refractivity (Wildman–Crippen MR) is 81.6 cm³/mol. The summed E-state index contributed by atoms with van der Waals surface area (Å²) in [6, 6.07) is 0. The summed E-state index contributed by atoms with van der Waals surface area (Å²) in [5, 5.41) is 9.70. The molecule has 1 N–H and O–H groups in total. The average Bonchev–Trinajstić information content (AvgIpc) is 2.72. The molecule has 0 bridgehead atoms. The van der Waals surface area contributed by atoms with Gasteiger partial charge in [0, 0.05) is 38.3 Å². The van der Waals surface area contributed by atoms with Gasteiger partial charge in [0.2, 0.25) is 0 Å². The number of amides is 1. The SMILES string of the molecule is CC[C@H](O)CN1CCN(C(=O)c2c(C)oc(C)c2C)CC1. The van der Waals surface area contributed by atoms with Crippen LogP contribution in [0.15, 0.2) is 4.42 Å². The molecule has 5 nitrogen and oxygen atoms in total. The smallest absolute Gasteiger partial charge is 0.257 e. The van der Waals surface area contributed by atoms with E-state index in [9.17, 15) is 9.90 Å². The van der Waals surface area contributed by atoms with E-state index in [2.05, 4.69) is 4.90 Å². The Kier molecular flexibility index (Phi) is 5.06. The topological polar surface area (TPSA) is 56.9 Å². The number of nitrogens with zero attached hydrogens (tertiary/aromatic N) is 2. The van der Waals surface area contributed by atoms with E-state index in [1.165, 1.54) is 0 Å². The maximum atomic E-state index is 12.6. The summed E-state index contributed by atoms with van der Waals surface area (Å²) in [4.78, 5) is 16.7. The summed E-state index contributed by atoms with van der Waals surface area (Å²) < 4.78 is 5.55. The van der Waals surface area contributed by atoms with Crippen molar-refractivity contribution in [3.63, 3.8) is 0 Å². The highest BCUT2D eigenvalue weighted by atomic mass is 16.3. The van der Waals surface area contributed by atoms with Crippen LogP contribution in [0.25, 0.3) is 0 Å². The van der Waals surface area contributed by atoms with Crippen molar-refractivity contribution in [3.8, 4) is 0 Å². The Balaban J connectivity index is 1.97. The summed E-state index contributed by atoms with van der Waals surface area (Å²) in [6.07, 6.45) is 0.500. The Bertz CT molecular complexity index is 502. The Labute approximate surface area is 126 Å². The first kappa shape index (κ1) is 16.0. The number of carbonyl (C=O) groups excluding carboxylic acids is 1. The van der Waals surface area contributed by atoms with Gasteiger partial charge in [-0.3, -0.25) is 9.69 Å². The highest BCUT2D eigenvalue weighted by Crippen LogP contribution is 2.22. The van der Waals surface area contributed by atoms with E-state index in [4.69, 9.17) is 4.42 Å². The van der Waals surface area contributed by atoms with Crippen LogP contribution in [0.4, 0.5) is 0 Å². The minimum absolute atomic E-state index is 0.0672. The van der Waals surface area contributed by atoms with Crippen molar-refractivity contribution < 1.29 is 14.3 Å². The predicted octanol–water partition coefficient (Wildman–Crippen LogP) is 1.73. The lowest BCUT2D eigenvalue weighted by Gasteiger charge is -2.35. The number of aryl methyl sites for hydroxylation is 2. The maximum Gasteiger partial charge on any atom is 0.257 e. The molecule has 1 amide bonds. The van der Waals surface area contributed by atoms with Gasteiger partial charge in [-0.05, 0) is 27.2 Å². The van der Waals surface area contributed by atoms with E-state index in [-0.39, 0.29) is 12.0 Å². The van der Waals surface area contributed by atoms with Gasteiger partial charge in [-0.25, -0.2) is 0 Å². The van der Waals surface area contributed by atoms with E-state index in [0.29, 0.717) is 25.4 Å². The van der Waals surface area contributed by atoms with Crippen LogP contribution in [0.5, 0.6) is 0 Å². The van der Waals surface area contributed by atoms with E-state index < -0.39 is 0 Å². The average molecular weight is 294 g/mol. The number of hydrogen-bond donors (Lipinski definition) is 1. The first-order chi connectivity index (χ1) is 9.93. The number of aliphatic hydroxyl groups is 1. The van der Waals surface area contributed by atoms with E-state index in [0.717, 1.165) is 36.4 Å². The fourth-order valence-electron chi connectivity index (χ4n) is 2.83. The summed E-state index contributed by atoms with van der Waals surface area (Å²) in [5.74, 6) is 1.59.